The first-order valence-corrected chi connectivity index (χ1v) is 8.47. The van der Waals surface area contributed by atoms with Gasteiger partial charge < -0.3 is 10.1 Å². The van der Waals surface area contributed by atoms with Crippen molar-refractivity contribution < 1.29 is 22.3 Å². The maximum Gasteiger partial charge on any atom is 0.573 e. The van der Waals surface area contributed by atoms with Gasteiger partial charge in [-0.15, -0.1) is 38.0 Å². The molecular formula is C18H19Cl3F4N2O. The fourth-order valence-corrected chi connectivity index (χ4v) is 3.29. The standard InChI is InChI=1S/C18H17ClF4N2O.2ClH/c19-15-3-1-2-14(16(15)20)17(25-10-8-24-9-11-25)12-4-6-13(7-5-12)26-18(21,22)23;;/h1-7,17,24H,8-11H2;2*1H/t17-;;/m0../s1. The molecule has 1 aliphatic heterocycles. The number of piperazine rings is 1. The minimum absolute atomic E-state index is 0. The van der Waals surface area contributed by atoms with Gasteiger partial charge in [0.25, 0.3) is 0 Å². The number of rotatable bonds is 4. The lowest BCUT2D eigenvalue weighted by Crippen LogP contribution is -2.45. The minimum Gasteiger partial charge on any atom is -0.406 e. The summed E-state index contributed by atoms with van der Waals surface area (Å²) in [5.41, 5.74) is 1.06. The molecule has 0 aromatic heterocycles. The topological polar surface area (TPSA) is 24.5 Å². The van der Waals surface area contributed by atoms with E-state index in [0.29, 0.717) is 24.2 Å². The first kappa shape index (κ1) is 24.8. The van der Waals surface area contributed by atoms with Crippen molar-refractivity contribution in [3.63, 3.8) is 0 Å². The fourth-order valence-electron chi connectivity index (χ4n) is 3.11. The predicted molar refractivity (Wildman–Crippen MR) is 105 cm³/mol. The van der Waals surface area contributed by atoms with E-state index in [2.05, 4.69) is 15.0 Å². The maximum absolute atomic E-state index is 14.6. The Labute approximate surface area is 177 Å². The van der Waals surface area contributed by atoms with Crippen LogP contribution in [0.4, 0.5) is 17.6 Å². The second-order valence-corrected chi connectivity index (χ2v) is 6.36. The second-order valence-electron chi connectivity index (χ2n) is 5.95. The molecule has 2 aromatic rings. The molecule has 0 spiro atoms. The molecule has 10 heteroatoms. The van der Waals surface area contributed by atoms with E-state index < -0.39 is 18.2 Å². The van der Waals surface area contributed by atoms with Gasteiger partial charge in [-0.1, -0.05) is 35.9 Å². The quantitative estimate of drug-likeness (QED) is 0.632. The van der Waals surface area contributed by atoms with Crippen LogP contribution in [0.5, 0.6) is 5.75 Å². The van der Waals surface area contributed by atoms with E-state index in [1.54, 1.807) is 12.1 Å². The molecule has 0 bridgehead atoms. The molecule has 156 valence electrons. The van der Waals surface area contributed by atoms with Crippen LogP contribution in [0, 0.1) is 5.82 Å². The minimum atomic E-state index is -4.75. The molecule has 1 fully saturated rings. The molecular weight excluding hydrogens is 443 g/mol. The van der Waals surface area contributed by atoms with Gasteiger partial charge in [-0.05, 0) is 23.8 Å². The second kappa shape index (κ2) is 10.5. The maximum atomic E-state index is 14.6. The molecule has 2 aromatic carbocycles. The largest absolute Gasteiger partial charge is 0.573 e. The first-order chi connectivity index (χ1) is 12.3. The molecule has 3 nitrogen and oxygen atoms in total. The van der Waals surface area contributed by atoms with Gasteiger partial charge in [-0.2, -0.15) is 0 Å². The average Bonchev–Trinajstić information content (AvgIpc) is 2.60. The summed E-state index contributed by atoms with van der Waals surface area (Å²) in [6.07, 6.45) is -4.75. The van der Waals surface area contributed by atoms with Crippen LogP contribution in [0.15, 0.2) is 42.5 Å². The Hall–Kier alpha value is -1.25. The van der Waals surface area contributed by atoms with Crippen molar-refractivity contribution in [2.45, 2.75) is 12.4 Å². The van der Waals surface area contributed by atoms with E-state index in [1.807, 2.05) is 0 Å². The van der Waals surface area contributed by atoms with Crippen molar-refractivity contribution in [1.29, 1.82) is 0 Å². The smallest absolute Gasteiger partial charge is 0.406 e. The molecule has 0 amide bonds. The van der Waals surface area contributed by atoms with E-state index in [1.165, 1.54) is 30.3 Å². The number of nitrogens with one attached hydrogen (secondary N) is 1. The number of halogens is 7. The van der Waals surface area contributed by atoms with E-state index in [4.69, 9.17) is 11.6 Å². The molecule has 0 saturated carbocycles. The SMILES string of the molecule is Cl.Cl.Fc1c(Cl)cccc1[C@H](c1ccc(OC(F)(F)F)cc1)N1CCNCC1. The molecule has 0 unspecified atom stereocenters. The van der Waals surface area contributed by atoms with Crippen molar-refractivity contribution >= 4 is 36.4 Å². The van der Waals surface area contributed by atoms with Gasteiger partial charge in [-0.25, -0.2) is 4.39 Å². The van der Waals surface area contributed by atoms with E-state index >= 15 is 0 Å². The van der Waals surface area contributed by atoms with E-state index in [-0.39, 0.29) is 35.6 Å². The molecule has 1 aliphatic rings. The number of nitrogens with zero attached hydrogens (tertiary/aromatic N) is 1. The van der Waals surface area contributed by atoms with Crippen LogP contribution in [0.3, 0.4) is 0 Å². The van der Waals surface area contributed by atoms with Crippen molar-refractivity contribution in [2.24, 2.45) is 0 Å². The highest BCUT2D eigenvalue weighted by atomic mass is 35.5. The zero-order valence-electron chi connectivity index (χ0n) is 14.5. The molecule has 3 rings (SSSR count). The van der Waals surface area contributed by atoms with Crippen LogP contribution >= 0.6 is 36.4 Å². The van der Waals surface area contributed by atoms with Crippen LogP contribution in [0.2, 0.25) is 5.02 Å². The molecule has 0 radical (unpaired) electrons. The third-order valence-electron chi connectivity index (χ3n) is 4.22. The summed E-state index contributed by atoms with van der Waals surface area (Å²) in [5, 5.41) is 3.24. The van der Waals surface area contributed by atoms with Crippen molar-refractivity contribution in [2.75, 3.05) is 26.2 Å². The van der Waals surface area contributed by atoms with Crippen molar-refractivity contribution in [3.8, 4) is 5.75 Å². The summed E-state index contributed by atoms with van der Waals surface area (Å²) in [6, 6.07) is 9.85. The van der Waals surface area contributed by atoms with Crippen LogP contribution in [0.1, 0.15) is 17.2 Å². The summed E-state index contributed by atoms with van der Waals surface area (Å²) < 4.78 is 55.6. The van der Waals surface area contributed by atoms with Gasteiger partial charge in [-0.3, -0.25) is 4.90 Å². The number of alkyl halides is 3. The summed E-state index contributed by atoms with van der Waals surface area (Å²) >= 11 is 5.93. The zero-order chi connectivity index (χ0) is 18.7. The Morgan fingerprint density at radius 3 is 2.18 bits per heavy atom. The van der Waals surface area contributed by atoms with Crippen molar-refractivity contribution in [3.05, 3.63) is 64.4 Å². The number of hydrogen-bond donors (Lipinski definition) is 1. The highest BCUT2D eigenvalue weighted by Gasteiger charge is 2.31. The normalized spacial score (nSPS) is 15.9. The Morgan fingerprint density at radius 1 is 1.00 bits per heavy atom. The van der Waals surface area contributed by atoms with Crippen LogP contribution in [-0.4, -0.2) is 37.4 Å². The van der Waals surface area contributed by atoms with Gasteiger partial charge in [0.05, 0.1) is 11.1 Å². The Balaban J connectivity index is 0.00000196. The zero-order valence-corrected chi connectivity index (χ0v) is 16.9. The van der Waals surface area contributed by atoms with Gasteiger partial charge in [0, 0.05) is 31.7 Å². The summed E-state index contributed by atoms with van der Waals surface area (Å²) in [5.74, 6) is -0.833. The number of ether oxygens (including phenoxy) is 1. The number of benzene rings is 2. The van der Waals surface area contributed by atoms with Crippen LogP contribution < -0.4 is 10.1 Å². The summed E-state index contributed by atoms with van der Waals surface area (Å²) in [7, 11) is 0. The van der Waals surface area contributed by atoms with Gasteiger partial charge >= 0.3 is 6.36 Å². The number of hydrogen-bond acceptors (Lipinski definition) is 3. The third kappa shape index (κ3) is 6.12. The summed E-state index contributed by atoms with van der Waals surface area (Å²) in [6.45, 7) is 2.84. The Bertz CT molecular complexity index is 753. The van der Waals surface area contributed by atoms with Crippen molar-refractivity contribution in [1.82, 2.24) is 10.2 Å². The molecule has 1 N–H and O–H groups in total. The highest BCUT2D eigenvalue weighted by Crippen LogP contribution is 2.34. The van der Waals surface area contributed by atoms with Gasteiger partial charge in [0.1, 0.15) is 11.6 Å². The average molecular weight is 462 g/mol. The fraction of sp³-hybridized carbons (Fsp3) is 0.333. The molecule has 0 aliphatic carbocycles. The predicted octanol–water partition coefficient (Wildman–Crippen LogP) is 5.22. The Kier molecular flexibility index (Phi) is 9.30. The van der Waals surface area contributed by atoms with E-state index in [0.717, 1.165) is 13.1 Å². The van der Waals surface area contributed by atoms with Gasteiger partial charge in [0.15, 0.2) is 0 Å². The lowest BCUT2D eigenvalue weighted by Gasteiger charge is -2.35. The van der Waals surface area contributed by atoms with Gasteiger partial charge in [0.2, 0.25) is 0 Å². The molecule has 1 saturated heterocycles. The molecule has 28 heavy (non-hydrogen) atoms. The molecule has 1 heterocycles. The van der Waals surface area contributed by atoms with Crippen LogP contribution in [-0.2, 0) is 0 Å². The third-order valence-corrected chi connectivity index (χ3v) is 4.51. The monoisotopic (exact) mass is 460 g/mol. The first-order valence-electron chi connectivity index (χ1n) is 8.09. The molecule has 1 atom stereocenters. The van der Waals surface area contributed by atoms with E-state index in [9.17, 15) is 17.6 Å². The summed E-state index contributed by atoms with van der Waals surface area (Å²) in [4.78, 5) is 2.07. The Morgan fingerprint density at radius 2 is 1.61 bits per heavy atom. The lowest BCUT2D eigenvalue weighted by atomic mass is 9.96. The highest BCUT2D eigenvalue weighted by molar-refractivity contribution is 6.30. The lowest BCUT2D eigenvalue weighted by molar-refractivity contribution is -0.274. The van der Waals surface area contributed by atoms with Crippen LogP contribution in [0.25, 0.3) is 0 Å².